The number of hydrogen-bond donors (Lipinski definition) is 11. The van der Waals surface area contributed by atoms with E-state index in [1.807, 2.05) is 120 Å². The molecule has 125 heavy (non-hydrogen) atoms. The number of nitrogens with one attached hydrogen (secondary N) is 7. The van der Waals surface area contributed by atoms with Crippen LogP contribution >= 0.6 is 46.4 Å². The largest absolute Gasteiger partial charge is 0.388 e. The van der Waals surface area contributed by atoms with Crippen molar-refractivity contribution in [3.63, 3.8) is 0 Å². The zero-order chi connectivity index (χ0) is 89.1. The fourth-order valence-electron chi connectivity index (χ4n) is 18.9. The summed E-state index contributed by atoms with van der Waals surface area (Å²) in [5.74, 6) is -3.03. The smallest absolute Gasteiger partial charge is 0.317 e. The number of H-pyrrole nitrogens is 4. The molecule has 7 amide bonds. The van der Waals surface area contributed by atoms with Gasteiger partial charge in [0.2, 0.25) is 5.91 Å². The first-order valence-corrected chi connectivity index (χ1v) is 45.0. The minimum atomic E-state index is -3.33. The molecular formula is C93H116Cl4F2N18O8. The van der Waals surface area contributed by atoms with Crippen LogP contribution in [0.5, 0.6) is 0 Å². The lowest BCUT2D eigenvalue weighted by molar-refractivity contribution is -0.164. The topological polar surface area (TPSA) is 352 Å². The molecule has 5 aliphatic rings. The summed E-state index contributed by atoms with van der Waals surface area (Å²) in [7, 11) is 0. The van der Waals surface area contributed by atoms with Crippen LogP contribution in [0.2, 0.25) is 20.1 Å². The number of pyridine rings is 3. The molecule has 1 saturated carbocycles. The highest BCUT2D eigenvalue weighted by atomic mass is 35.5. The van der Waals surface area contributed by atoms with Gasteiger partial charge < -0.3 is 56.0 Å². The highest BCUT2D eigenvalue weighted by Crippen LogP contribution is 2.51. The molecule has 11 heterocycles. The van der Waals surface area contributed by atoms with Crippen molar-refractivity contribution < 1.29 is 48.4 Å². The number of amides is 7. The van der Waals surface area contributed by atoms with Gasteiger partial charge in [-0.1, -0.05) is 125 Å². The Bertz CT molecular complexity index is 5240. The molecule has 6 atom stereocenters. The molecule has 32 heteroatoms. The number of likely N-dealkylation sites (tertiary alicyclic amines) is 4. The van der Waals surface area contributed by atoms with E-state index in [4.69, 9.17) is 46.4 Å². The molecule has 11 aromatic rings. The van der Waals surface area contributed by atoms with Crippen LogP contribution in [0.25, 0.3) is 43.6 Å². The summed E-state index contributed by atoms with van der Waals surface area (Å²) in [5, 5.41) is 86.7. The van der Waals surface area contributed by atoms with Crippen LogP contribution in [-0.2, 0) is 11.3 Å². The maximum absolute atomic E-state index is 15.2. The summed E-state index contributed by atoms with van der Waals surface area (Å²) in [6.45, 7) is 21.4. The third-order valence-electron chi connectivity index (χ3n) is 27.0. The van der Waals surface area contributed by atoms with Gasteiger partial charge >= 0.3 is 18.1 Å². The fraction of sp³-hybridized carbons (Fsp3) is 0.495. The zero-order valence-corrected chi connectivity index (χ0v) is 75.1. The Hall–Kier alpha value is -9.65. The zero-order valence-electron chi connectivity index (χ0n) is 72.1. The van der Waals surface area contributed by atoms with Crippen LogP contribution in [0.15, 0.2) is 147 Å². The number of aromatic nitrogens is 11. The van der Waals surface area contributed by atoms with E-state index in [1.54, 1.807) is 48.1 Å². The van der Waals surface area contributed by atoms with Crippen LogP contribution in [-0.4, -0.2) is 178 Å². The minimum absolute atomic E-state index is 0.0517. The summed E-state index contributed by atoms with van der Waals surface area (Å²) >= 11 is 24.9. The Kier molecular flexibility index (Phi) is 30.5. The predicted octanol–water partition coefficient (Wildman–Crippen LogP) is 19.1. The molecule has 11 N–H and O–H groups in total. The van der Waals surface area contributed by atoms with Gasteiger partial charge in [-0.3, -0.25) is 40.1 Å². The molecule has 16 rings (SSSR count). The number of alkyl halides is 2. The summed E-state index contributed by atoms with van der Waals surface area (Å²) in [5.41, 5.74) is 6.49. The van der Waals surface area contributed by atoms with Gasteiger partial charge in [-0.2, -0.15) is 20.4 Å². The SMILES string of the molecule is CC(C)(C1CCN(C(=O)NCc2ccccn2)CC1)C(O)c1cc(Cl)cc2cn[nH]c12.C[C@@H](NC(=O)N1CCC(C(C)(C)C(O)c2cc(Cl)cc3cn[nH]c23)CC1)c1ccccn1.C[C@H](NC(=O)N1CCC(C(C)(C)C(O)c2cc(Cl)cc3cn[nH]c23)CC1)c1ccccn1.O=C(CC1CCCCC1)N1CCC(C(F)(F)C(O)c2cc(Cl)cc3cn[nH]c23)CC1. The quantitative estimate of drug-likeness (QED) is 0.0338. The molecular weight excluding hydrogens is 1680 g/mol. The summed E-state index contributed by atoms with van der Waals surface area (Å²) < 4.78 is 30.4. The third-order valence-corrected chi connectivity index (χ3v) is 27.9. The van der Waals surface area contributed by atoms with Gasteiger partial charge in [0.25, 0.3) is 5.92 Å². The number of hydrogen-bond acceptors (Lipinski definition) is 15. The second-order valence-corrected chi connectivity index (χ2v) is 37.8. The number of piperidine rings is 4. The second kappa shape index (κ2) is 41.0. The first kappa shape index (κ1) is 93.0. The van der Waals surface area contributed by atoms with Gasteiger partial charge in [0, 0.05) is 147 Å². The lowest BCUT2D eigenvalue weighted by Crippen LogP contribution is -2.47. The van der Waals surface area contributed by atoms with E-state index in [-0.39, 0.29) is 82.7 Å². The number of benzene rings is 4. The lowest BCUT2D eigenvalue weighted by Gasteiger charge is -2.43. The van der Waals surface area contributed by atoms with Crippen molar-refractivity contribution in [2.75, 3.05) is 52.4 Å². The maximum Gasteiger partial charge on any atom is 0.317 e. The Morgan fingerprint density at radius 1 is 0.424 bits per heavy atom. The van der Waals surface area contributed by atoms with Crippen molar-refractivity contribution in [1.29, 1.82) is 0 Å². The van der Waals surface area contributed by atoms with E-state index in [9.17, 15) is 39.6 Å². The van der Waals surface area contributed by atoms with Gasteiger partial charge in [-0.15, -0.1) is 0 Å². The number of urea groups is 3. The number of aromatic amines is 4. The molecule has 4 aliphatic heterocycles. The summed E-state index contributed by atoms with van der Waals surface area (Å²) in [4.78, 5) is 70.8. The molecule has 0 radical (unpaired) electrons. The average molecular weight is 1790 g/mol. The van der Waals surface area contributed by atoms with E-state index < -0.39 is 47.1 Å². The summed E-state index contributed by atoms with van der Waals surface area (Å²) in [6, 6.07) is 30.4. The highest BCUT2D eigenvalue weighted by molar-refractivity contribution is 6.32. The van der Waals surface area contributed by atoms with Gasteiger partial charge in [-0.05, 0) is 203 Å². The molecule has 5 fully saturated rings. The fourth-order valence-corrected chi connectivity index (χ4v) is 19.8. The van der Waals surface area contributed by atoms with E-state index in [2.05, 4.69) is 113 Å². The van der Waals surface area contributed by atoms with Gasteiger partial charge in [-0.25, -0.2) is 23.2 Å². The average Bonchev–Trinajstić information content (AvgIpc) is 1.77. The number of fused-ring (bicyclic) bond motifs is 4. The van der Waals surface area contributed by atoms with Crippen molar-refractivity contribution in [1.82, 2.24) is 91.3 Å². The second-order valence-electron chi connectivity index (χ2n) is 36.0. The molecule has 668 valence electrons. The molecule has 0 spiro atoms. The number of carbonyl (C=O) groups excluding carboxylic acids is 4. The molecule has 4 aromatic carbocycles. The van der Waals surface area contributed by atoms with Crippen molar-refractivity contribution >= 4 is 114 Å². The number of carbonyl (C=O) groups is 4. The van der Waals surface area contributed by atoms with Gasteiger partial charge in [0.05, 0.1) is 101 Å². The number of aliphatic hydroxyl groups is 4. The molecule has 1 aliphatic carbocycles. The Balaban J connectivity index is 0.000000143. The monoisotopic (exact) mass is 1790 g/mol. The molecule has 26 nitrogen and oxygen atoms in total. The Morgan fingerprint density at radius 2 is 0.744 bits per heavy atom. The van der Waals surface area contributed by atoms with Crippen LogP contribution in [0.1, 0.15) is 221 Å². The standard InChI is InChI=1S/2C24H30ClN5O2.C23H28ClN5O2.C22H28ClF2N3O2/c2*1-15(20-6-4-5-9-26-20)28-23(32)30-10-7-17(8-11-30)24(2,3)22(31)19-13-18(25)12-16-14-27-29-21(16)19;1-23(2,21(30)19-12-17(24)11-15-13-27-28-20(15)19)16-6-9-29(10-7-16)22(31)26-14-18-5-3-4-8-25-18;23-17-11-15-13-26-27-20(15)18(12-17)21(30)22(24,25)16-6-8-28(9-7-16)19(29)10-14-4-2-1-3-5-14/h2*4-6,9,12-15,17,22,31H,7-8,10-11H2,1-3H3,(H,27,29)(H,28,32);3-5,8,11-13,16,21,30H,6-7,9-10,14H2,1-2H3,(H,26,31)(H,27,28);11-14,16,21,30H,1-10H2,(H,26,27)/t2*15-,22?;;/m10../s1. The normalized spacial score (nSPS) is 17.9. The van der Waals surface area contributed by atoms with Crippen molar-refractivity contribution in [3.05, 3.63) is 206 Å². The van der Waals surface area contributed by atoms with Crippen LogP contribution in [0.3, 0.4) is 0 Å². The third kappa shape index (κ3) is 22.1. The first-order valence-electron chi connectivity index (χ1n) is 43.5. The predicted molar refractivity (Wildman–Crippen MR) is 483 cm³/mol. The van der Waals surface area contributed by atoms with Crippen LogP contribution in [0, 0.1) is 45.8 Å². The first-order chi connectivity index (χ1) is 59.8. The van der Waals surface area contributed by atoms with Crippen molar-refractivity contribution in [2.45, 2.75) is 194 Å². The van der Waals surface area contributed by atoms with Crippen molar-refractivity contribution in [2.24, 2.45) is 45.8 Å². The number of aliphatic hydroxyl groups excluding tert-OH is 4. The van der Waals surface area contributed by atoms with E-state index in [0.717, 1.165) is 118 Å². The molecule has 7 aromatic heterocycles. The maximum atomic E-state index is 15.2. The Morgan fingerprint density at radius 3 is 1.08 bits per heavy atom. The molecule has 4 unspecified atom stereocenters. The number of nitrogens with zero attached hydrogens (tertiary/aromatic N) is 11. The van der Waals surface area contributed by atoms with Gasteiger partial charge in [0.1, 0.15) is 6.10 Å². The number of rotatable bonds is 20. The lowest BCUT2D eigenvalue weighted by atomic mass is 9.68. The molecule has 0 bridgehead atoms. The van der Waals surface area contributed by atoms with Gasteiger partial charge in [0.15, 0.2) is 0 Å². The van der Waals surface area contributed by atoms with Crippen molar-refractivity contribution in [3.8, 4) is 0 Å². The van der Waals surface area contributed by atoms with Crippen LogP contribution in [0.4, 0.5) is 23.2 Å². The molecule has 4 saturated heterocycles. The van der Waals surface area contributed by atoms with E-state index in [0.29, 0.717) is 97.2 Å². The summed E-state index contributed by atoms with van der Waals surface area (Å²) in [6.07, 6.45) is 19.3. The van der Waals surface area contributed by atoms with E-state index >= 15 is 8.78 Å². The van der Waals surface area contributed by atoms with E-state index in [1.165, 1.54) is 31.5 Å². The highest BCUT2D eigenvalue weighted by Gasteiger charge is 2.50. The van der Waals surface area contributed by atoms with Crippen LogP contribution < -0.4 is 16.0 Å². The number of halogens is 6. The minimum Gasteiger partial charge on any atom is -0.388 e. The Labute approximate surface area is 747 Å².